The van der Waals surface area contributed by atoms with Crippen molar-refractivity contribution in [2.24, 2.45) is 0 Å². The lowest BCUT2D eigenvalue weighted by Gasteiger charge is -2.23. The molecule has 1 saturated heterocycles. The second-order valence-electron chi connectivity index (χ2n) is 6.47. The fourth-order valence-electron chi connectivity index (χ4n) is 3.22. The third kappa shape index (κ3) is 4.53. The minimum atomic E-state index is -0.671. The van der Waals surface area contributed by atoms with E-state index in [4.69, 9.17) is 11.6 Å². The van der Waals surface area contributed by atoms with Crippen molar-refractivity contribution in [1.82, 2.24) is 4.90 Å². The zero-order chi connectivity index (χ0) is 18.7. The predicted octanol–water partition coefficient (Wildman–Crippen LogP) is 3.88. The SMILES string of the molecule is O=C(CCc1ccc(Cl)cc1)[C@@H]1C[C@@H](O)CN1C(=O)c1cccc(Br)c1. The topological polar surface area (TPSA) is 57.6 Å². The van der Waals surface area contributed by atoms with E-state index in [2.05, 4.69) is 15.9 Å². The number of β-amino-alcohol motifs (C(OH)–C–C–N with tert-alkyl or cyclic N) is 1. The maximum Gasteiger partial charge on any atom is 0.254 e. The second kappa shape index (κ2) is 8.33. The summed E-state index contributed by atoms with van der Waals surface area (Å²) in [4.78, 5) is 27.0. The van der Waals surface area contributed by atoms with Gasteiger partial charge in [0.05, 0.1) is 12.1 Å². The first kappa shape index (κ1) is 19.1. The van der Waals surface area contributed by atoms with Gasteiger partial charge in [0, 0.05) is 34.4 Å². The number of rotatable bonds is 5. The molecule has 0 aromatic heterocycles. The number of nitrogens with zero attached hydrogens (tertiary/aromatic N) is 1. The van der Waals surface area contributed by atoms with Crippen LogP contribution in [-0.2, 0) is 11.2 Å². The number of ketones is 1. The standard InChI is InChI=1S/C20H19BrClNO3/c21-15-3-1-2-14(10-15)20(26)23-12-17(24)11-18(23)19(25)9-6-13-4-7-16(22)8-5-13/h1-5,7-8,10,17-18,24H,6,9,11-12H2/t17-,18+/m1/s1. The summed E-state index contributed by atoms with van der Waals surface area (Å²) in [6.07, 6.45) is 0.526. The minimum absolute atomic E-state index is 0.0279. The molecule has 4 nitrogen and oxygen atoms in total. The number of aryl methyl sites for hydroxylation is 1. The number of aliphatic hydroxyl groups is 1. The molecule has 136 valence electrons. The van der Waals surface area contributed by atoms with Crippen molar-refractivity contribution >= 4 is 39.2 Å². The van der Waals surface area contributed by atoms with E-state index in [1.54, 1.807) is 30.3 Å². The molecule has 0 spiro atoms. The average molecular weight is 437 g/mol. The molecule has 1 heterocycles. The van der Waals surface area contributed by atoms with Crippen LogP contribution in [0.1, 0.15) is 28.8 Å². The van der Waals surface area contributed by atoms with Crippen molar-refractivity contribution in [3.05, 3.63) is 69.2 Å². The Morgan fingerprint density at radius 3 is 2.62 bits per heavy atom. The van der Waals surface area contributed by atoms with Gasteiger partial charge in [0.1, 0.15) is 0 Å². The molecule has 0 saturated carbocycles. The van der Waals surface area contributed by atoms with Gasteiger partial charge in [-0.3, -0.25) is 9.59 Å². The normalized spacial score (nSPS) is 19.6. The zero-order valence-electron chi connectivity index (χ0n) is 14.1. The average Bonchev–Trinajstić information content (AvgIpc) is 3.02. The molecule has 2 atom stereocenters. The van der Waals surface area contributed by atoms with Crippen LogP contribution < -0.4 is 0 Å². The lowest BCUT2D eigenvalue weighted by Crippen LogP contribution is -2.40. The Hall–Kier alpha value is -1.69. The number of Topliss-reactive ketones (excluding diaryl/α,β-unsaturated/α-hetero) is 1. The molecule has 1 amide bonds. The van der Waals surface area contributed by atoms with Gasteiger partial charge in [0.2, 0.25) is 0 Å². The third-order valence-electron chi connectivity index (χ3n) is 4.56. The smallest absolute Gasteiger partial charge is 0.254 e. The van der Waals surface area contributed by atoms with Crippen LogP contribution in [-0.4, -0.2) is 40.4 Å². The third-order valence-corrected chi connectivity index (χ3v) is 5.30. The van der Waals surface area contributed by atoms with Crippen molar-refractivity contribution < 1.29 is 14.7 Å². The molecule has 3 rings (SSSR count). The molecule has 0 unspecified atom stereocenters. The molecule has 0 aliphatic carbocycles. The maximum absolute atomic E-state index is 12.8. The summed E-state index contributed by atoms with van der Waals surface area (Å²) in [6.45, 7) is 0.183. The number of hydrogen-bond acceptors (Lipinski definition) is 3. The monoisotopic (exact) mass is 435 g/mol. The van der Waals surface area contributed by atoms with Crippen molar-refractivity contribution in [3.63, 3.8) is 0 Å². The van der Waals surface area contributed by atoms with Crippen LogP contribution in [0.15, 0.2) is 53.0 Å². The predicted molar refractivity (Wildman–Crippen MR) is 104 cm³/mol. The van der Waals surface area contributed by atoms with E-state index in [9.17, 15) is 14.7 Å². The molecule has 26 heavy (non-hydrogen) atoms. The highest BCUT2D eigenvalue weighted by atomic mass is 79.9. The number of benzene rings is 2. The molecular formula is C20H19BrClNO3. The second-order valence-corrected chi connectivity index (χ2v) is 7.82. The fraction of sp³-hybridized carbons (Fsp3) is 0.300. The van der Waals surface area contributed by atoms with E-state index in [-0.39, 0.29) is 18.2 Å². The molecule has 0 bridgehead atoms. The minimum Gasteiger partial charge on any atom is -0.391 e. The largest absolute Gasteiger partial charge is 0.391 e. The van der Waals surface area contributed by atoms with Gasteiger partial charge in [0.15, 0.2) is 5.78 Å². The Morgan fingerprint density at radius 1 is 1.19 bits per heavy atom. The quantitative estimate of drug-likeness (QED) is 0.774. The van der Waals surface area contributed by atoms with E-state index >= 15 is 0 Å². The van der Waals surface area contributed by atoms with Crippen LogP contribution in [0.25, 0.3) is 0 Å². The molecule has 1 N–H and O–H groups in total. The van der Waals surface area contributed by atoms with E-state index < -0.39 is 12.1 Å². The number of carbonyl (C=O) groups is 2. The maximum atomic E-state index is 12.8. The van der Waals surface area contributed by atoms with Crippen molar-refractivity contribution in [3.8, 4) is 0 Å². The van der Waals surface area contributed by atoms with Gasteiger partial charge in [-0.05, 0) is 42.3 Å². The van der Waals surface area contributed by atoms with Gasteiger partial charge in [0.25, 0.3) is 5.91 Å². The van der Waals surface area contributed by atoms with Crippen LogP contribution >= 0.6 is 27.5 Å². The van der Waals surface area contributed by atoms with Gasteiger partial charge in [-0.25, -0.2) is 0 Å². The number of hydrogen-bond donors (Lipinski definition) is 1. The first-order valence-electron chi connectivity index (χ1n) is 8.46. The Morgan fingerprint density at radius 2 is 1.92 bits per heavy atom. The van der Waals surface area contributed by atoms with E-state index in [0.717, 1.165) is 10.0 Å². The lowest BCUT2D eigenvalue weighted by atomic mass is 10.0. The molecule has 2 aromatic carbocycles. The van der Waals surface area contributed by atoms with Gasteiger partial charge in [-0.1, -0.05) is 45.7 Å². The van der Waals surface area contributed by atoms with E-state index in [0.29, 0.717) is 29.8 Å². The van der Waals surface area contributed by atoms with Crippen LogP contribution in [0.3, 0.4) is 0 Å². The van der Waals surface area contributed by atoms with Gasteiger partial charge < -0.3 is 10.0 Å². The highest BCUT2D eigenvalue weighted by Crippen LogP contribution is 2.24. The Balaban J connectivity index is 1.69. The van der Waals surface area contributed by atoms with Crippen LogP contribution in [0, 0.1) is 0 Å². The lowest BCUT2D eigenvalue weighted by molar-refractivity contribution is -0.122. The summed E-state index contributed by atoms with van der Waals surface area (Å²) in [7, 11) is 0. The first-order valence-corrected chi connectivity index (χ1v) is 9.63. The number of carbonyl (C=O) groups excluding carboxylic acids is 2. The summed E-state index contributed by atoms with van der Waals surface area (Å²) in [5.41, 5.74) is 1.52. The van der Waals surface area contributed by atoms with E-state index in [1.165, 1.54) is 4.90 Å². The Labute approximate surface area is 165 Å². The van der Waals surface area contributed by atoms with Crippen molar-refractivity contribution in [2.75, 3.05) is 6.54 Å². The molecule has 6 heteroatoms. The van der Waals surface area contributed by atoms with Crippen LogP contribution in [0.5, 0.6) is 0 Å². The summed E-state index contributed by atoms with van der Waals surface area (Å²) < 4.78 is 0.800. The van der Waals surface area contributed by atoms with Crippen molar-refractivity contribution in [1.29, 1.82) is 0 Å². The fourth-order valence-corrected chi connectivity index (χ4v) is 3.74. The van der Waals surface area contributed by atoms with Gasteiger partial charge in [-0.2, -0.15) is 0 Å². The molecule has 1 aliphatic rings. The van der Waals surface area contributed by atoms with Crippen LogP contribution in [0.2, 0.25) is 5.02 Å². The molecule has 2 aromatic rings. The summed E-state index contributed by atoms with van der Waals surface area (Å²) in [6, 6.07) is 13.9. The number of aliphatic hydroxyl groups excluding tert-OH is 1. The van der Waals surface area contributed by atoms with Gasteiger partial charge >= 0.3 is 0 Å². The highest BCUT2D eigenvalue weighted by Gasteiger charge is 2.38. The Bertz CT molecular complexity index is 809. The van der Waals surface area contributed by atoms with Crippen molar-refractivity contribution in [2.45, 2.75) is 31.4 Å². The summed E-state index contributed by atoms with van der Waals surface area (Å²) in [5, 5.41) is 10.7. The molecule has 0 radical (unpaired) electrons. The van der Waals surface area contributed by atoms with Gasteiger partial charge in [-0.15, -0.1) is 0 Å². The molecule has 1 aliphatic heterocycles. The number of halogens is 2. The summed E-state index contributed by atoms with van der Waals surface area (Å²) >= 11 is 9.23. The molecule has 1 fully saturated rings. The zero-order valence-corrected chi connectivity index (χ0v) is 16.4. The molecular weight excluding hydrogens is 418 g/mol. The Kier molecular flexibility index (Phi) is 6.12. The number of amides is 1. The highest BCUT2D eigenvalue weighted by molar-refractivity contribution is 9.10. The first-order chi connectivity index (χ1) is 12.4. The van der Waals surface area contributed by atoms with E-state index in [1.807, 2.05) is 18.2 Å². The number of likely N-dealkylation sites (tertiary alicyclic amines) is 1. The van der Waals surface area contributed by atoms with Crippen LogP contribution in [0.4, 0.5) is 0 Å². The summed E-state index contributed by atoms with van der Waals surface area (Å²) in [5.74, 6) is -0.257.